The number of aryl methyl sites for hydroxylation is 2. The Hall–Kier alpha value is -1.57. The molecular weight excluding hydrogens is 344 g/mol. The van der Waals surface area contributed by atoms with E-state index in [1.165, 1.54) is 34.8 Å². The van der Waals surface area contributed by atoms with Gasteiger partial charge in [-0.3, -0.25) is 4.90 Å². The van der Waals surface area contributed by atoms with Crippen LogP contribution in [-0.4, -0.2) is 59.1 Å². The van der Waals surface area contributed by atoms with E-state index >= 15 is 0 Å². The molecule has 1 atom stereocenters. The van der Waals surface area contributed by atoms with Gasteiger partial charge in [-0.1, -0.05) is 0 Å². The fraction of sp³-hybridized carbons (Fsp3) is 0.632. The van der Waals surface area contributed by atoms with Gasteiger partial charge in [0.25, 0.3) is 0 Å². The standard InChI is InChI=1S/C19H28N6S/c1-15-23-17-6-2-5-16(18(17)26-15)20-9-4-10-24-11-13-25(14-12-24)19-21-7-3-8-22-19/h3,7-8,16,20H,2,4-6,9-14H2,1H3. The zero-order valence-electron chi connectivity index (χ0n) is 15.5. The fourth-order valence-electron chi connectivity index (χ4n) is 3.94. The third kappa shape index (κ3) is 4.22. The van der Waals surface area contributed by atoms with Crippen molar-refractivity contribution < 1.29 is 0 Å². The highest BCUT2D eigenvalue weighted by Crippen LogP contribution is 2.33. The van der Waals surface area contributed by atoms with Crippen LogP contribution in [0.4, 0.5) is 5.95 Å². The maximum atomic E-state index is 4.69. The molecule has 0 saturated carbocycles. The monoisotopic (exact) mass is 372 g/mol. The Labute approximate surface area is 159 Å². The van der Waals surface area contributed by atoms with Gasteiger partial charge >= 0.3 is 0 Å². The lowest BCUT2D eigenvalue weighted by atomic mass is 9.98. The van der Waals surface area contributed by atoms with Gasteiger partial charge in [0.05, 0.1) is 10.7 Å². The number of anilines is 1. The molecule has 2 aliphatic rings. The normalized spacial score (nSPS) is 21.0. The number of piperazine rings is 1. The molecule has 2 aromatic rings. The van der Waals surface area contributed by atoms with Gasteiger partial charge in [-0.05, 0) is 51.8 Å². The Kier molecular flexibility index (Phi) is 5.77. The number of hydrogen-bond donors (Lipinski definition) is 1. The molecule has 1 aliphatic carbocycles. The van der Waals surface area contributed by atoms with Gasteiger partial charge in [0.15, 0.2) is 0 Å². The van der Waals surface area contributed by atoms with E-state index in [0.717, 1.165) is 51.6 Å². The molecule has 6 nitrogen and oxygen atoms in total. The average Bonchev–Trinajstić information content (AvgIpc) is 3.07. The molecule has 2 aromatic heterocycles. The summed E-state index contributed by atoms with van der Waals surface area (Å²) in [5.41, 5.74) is 1.34. The third-order valence-electron chi connectivity index (χ3n) is 5.31. The van der Waals surface area contributed by atoms with Crippen molar-refractivity contribution in [3.8, 4) is 0 Å². The predicted molar refractivity (Wildman–Crippen MR) is 106 cm³/mol. The third-order valence-corrected chi connectivity index (χ3v) is 6.43. The second kappa shape index (κ2) is 8.41. The summed E-state index contributed by atoms with van der Waals surface area (Å²) in [6, 6.07) is 2.40. The highest BCUT2D eigenvalue weighted by Gasteiger charge is 2.23. The predicted octanol–water partition coefficient (Wildman–Crippen LogP) is 2.42. The molecule has 140 valence electrons. The molecule has 1 N–H and O–H groups in total. The number of nitrogens with one attached hydrogen (secondary N) is 1. The molecule has 1 fully saturated rings. The molecule has 1 unspecified atom stereocenters. The van der Waals surface area contributed by atoms with E-state index in [4.69, 9.17) is 4.98 Å². The topological polar surface area (TPSA) is 57.2 Å². The smallest absolute Gasteiger partial charge is 0.225 e. The largest absolute Gasteiger partial charge is 0.338 e. The van der Waals surface area contributed by atoms with Crippen molar-refractivity contribution in [1.29, 1.82) is 0 Å². The number of nitrogens with zero attached hydrogens (tertiary/aromatic N) is 5. The molecule has 7 heteroatoms. The summed E-state index contributed by atoms with van der Waals surface area (Å²) in [6.45, 7) is 8.61. The highest BCUT2D eigenvalue weighted by molar-refractivity contribution is 7.11. The highest BCUT2D eigenvalue weighted by atomic mass is 32.1. The number of fused-ring (bicyclic) bond motifs is 1. The molecule has 0 bridgehead atoms. The van der Waals surface area contributed by atoms with Crippen LogP contribution in [0.15, 0.2) is 18.5 Å². The lowest BCUT2D eigenvalue weighted by molar-refractivity contribution is 0.251. The molecular formula is C19H28N6S. The second-order valence-electron chi connectivity index (χ2n) is 7.17. The van der Waals surface area contributed by atoms with Crippen molar-refractivity contribution in [3.05, 3.63) is 34.0 Å². The Bertz CT molecular complexity index is 695. The van der Waals surface area contributed by atoms with Crippen molar-refractivity contribution >= 4 is 17.3 Å². The lowest BCUT2D eigenvalue weighted by Crippen LogP contribution is -2.47. The molecule has 0 amide bonds. The summed E-state index contributed by atoms with van der Waals surface area (Å²) in [4.78, 5) is 19.7. The lowest BCUT2D eigenvalue weighted by Gasteiger charge is -2.34. The number of aromatic nitrogens is 3. The molecule has 1 aliphatic heterocycles. The van der Waals surface area contributed by atoms with Crippen molar-refractivity contribution in [3.63, 3.8) is 0 Å². The van der Waals surface area contributed by atoms with Crippen LogP contribution < -0.4 is 10.2 Å². The van der Waals surface area contributed by atoms with E-state index in [0.29, 0.717) is 6.04 Å². The van der Waals surface area contributed by atoms with Gasteiger partial charge in [0.1, 0.15) is 0 Å². The van der Waals surface area contributed by atoms with E-state index < -0.39 is 0 Å². The van der Waals surface area contributed by atoms with Gasteiger partial charge < -0.3 is 10.2 Å². The fourth-order valence-corrected chi connectivity index (χ4v) is 5.02. The van der Waals surface area contributed by atoms with E-state index in [1.807, 2.05) is 29.8 Å². The average molecular weight is 373 g/mol. The van der Waals surface area contributed by atoms with Gasteiger partial charge in [-0.2, -0.15) is 0 Å². The zero-order chi connectivity index (χ0) is 17.8. The van der Waals surface area contributed by atoms with Crippen molar-refractivity contribution in [2.24, 2.45) is 0 Å². The summed E-state index contributed by atoms with van der Waals surface area (Å²) in [5.74, 6) is 0.863. The molecule has 0 spiro atoms. The minimum Gasteiger partial charge on any atom is -0.338 e. The van der Waals surface area contributed by atoms with Crippen molar-refractivity contribution in [2.45, 2.75) is 38.6 Å². The first-order valence-electron chi connectivity index (χ1n) is 9.73. The Morgan fingerprint density at radius 3 is 2.81 bits per heavy atom. The van der Waals surface area contributed by atoms with Gasteiger partial charge in [0.2, 0.25) is 5.95 Å². The van der Waals surface area contributed by atoms with E-state index in [1.54, 1.807) is 0 Å². The summed E-state index contributed by atoms with van der Waals surface area (Å²) in [7, 11) is 0. The van der Waals surface area contributed by atoms with Crippen LogP contribution in [0.1, 0.15) is 40.9 Å². The summed E-state index contributed by atoms with van der Waals surface area (Å²) in [5, 5.41) is 4.99. The molecule has 1 saturated heterocycles. The van der Waals surface area contributed by atoms with Gasteiger partial charge in [0, 0.05) is 49.5 Å². The maximum Gasteiger partial charge on any atom is 0.225 e. The number of thiazole rings is 1. The first kappa shape index (κ1) is 17.8. The Morgan fingerprint density at radius 1 is 1.19 bits per heavy atom. The molecule has 4 rings (SSSR count). The van der Waals surface area contributed by atoms with Crippen LogP contribution in [0.3, 0.4) is 0 Å². The summed E-state index contributed by atoms with van der Waals surface area (Å²) < 4.78 is 0. The molecule has 26 heavy (non-hydrogen) atoms. The van der Waals surface area contributed by atoms with E-state index in [2.05, 4.69) is 32.0 Å². The minimum absolute atomic E-state index is 0.525. The van der Waals surface area contributed by atoms with E-state index in [9.17, 15) is 0 Å². The van der Waals surface area contributed by atoms with Crippen LogP contribution >= 0.6 is 11.3 Å². The SMILES string of the molecule is Cc1nc2c(s1)C(NCCCN1CCN(c3ncccn3)CC1)CCC2. The number of hydrogen-bond acceptors (Lipinski definition) is 7. The van der Waals surface area contributed by atoms with E-state index in [-0.39, 0.29) is 0 Å². The Balaban J connectivity index is 1.17. The van der Waals surface area contributed by atoms with Gasteiger partial charge in [-0.15, -0.1) is 11.3 Å². The summed E-state index contributed by atoms with van der Waals surface area (Å²) in [6.07, 6.45) is 8.52. The van der Waals surface area contributed by atoms with Crippen LogP contribution in [0, 0.1) is 6.92 Å². The quantitative estimate of drug-likeness (QED) is 0.786. The van der Waals surface area contributed by atoms with Crippen LogP contribution in [-0.2, 0) is 6.42 Å². The minimum atomic E-state index is 0.525. The summed E-state index contributed by atoms with van der Waals surface area (Å²) >= 11 is 1.88. The first-order valence-corrected chi connectivity index (χ1v) is 10.5. The zero-order valence-corrected chi connectivity index (χ0v) is 16.3. The van der Waals surface area contributed by atoms with Crippen LogP contribution in [0.2, 0.25) is 0 Å². The second-order valence-corrected chi connectivity index (χ2v) is 8.41. The van der Waals surface area contributed by atoms with Crippen LogP contribution in [0.5, 0.6) is 0 Å². The molecule has 0 radical (unpaired) electrons. The van der Waals surface area contributed by atoms with Crippen LogP contribution in [0.25, 0.3) is 0 Å². The maximum absolute atomic E-state index is 4.69. The van der Waals surface area contributed by atoms with Gasteiger partial charge in [-0.25, -0.2) is 15.0 Å². The number of rotatable bonds is 6. The molecule has 0 aromatic carbocycles. The molecule has 3 heterocycles. The Morgan fingerprint density at radius 2 is 2.00 bits per heavy atom. The first-order chi connectivity index (χ1) is 12.8. The van der Waals surface area contributed by atoms with Crippen molar-refractivity contribution in [2.75, 3.05) is 44.2 Å². The van der Waals surface area contributed by atoms with Crippen molar-refractivity contribution in [1.82, 2.24) is 25.2 Å².